The van der Waals surface area contributed by atoms with Gasteiger partial charge in [0.2, 0.25) is 0 Å². The minimum Gasteiger partial charge on any atom is -0.258 e. The summed E-state index contributed by atoms with van der Waals surface area (Å²) in [5.74, 6) is 0.260. The molecule has 0 aliphatic carbocycles. The standard InChI is InChI=1S/C15H13N3O3/c1-11-5-7-14(16-10-11)17-15(19)8-6-12-3-2-4-13(9-12)18(20)21/h2-10H,1H3,(H,16,17,19)/p+1. The Morgan fingerprint density at radius 1 is 1.33 bits per heavy atom. The molecule has 0 bridgehead atoms. The first-order chi connectivity index (χ1) is 10.0. The van der Waals surface area contributed by atoms with E-state index in [1.807, 2.05) is 13.0 Å². The monoisotopic (exact) mass is 284 g/mol. The van der Waals surface area contributed by atoms with Crippen LogP contribution in [0.4, 0.5) is 11.5 Å². The molecule has 106 valence electrons. The number of H-pyrrole nitrogens is 1. The number of amides is 1. The molecule has 0 spiro atoms. The number of non-ortho nitro benzene ring substituents is 1. The SMILES string of the molecule is Cc1ccc(NC(=O)C=Cc2cccc([N+](=O)[O-])c2)[nH+]c1. The van der Waals surface area contributed by atoms with Crippen LogP contribution in [0.1, 0.15) is 11.1 Å². The summed E-state index contributed by atoms with van der Waals surface area (Å²) < 4.78 is 0. The van der Waals surface area contributed by atoms with Crippen molar-refractivity contribution >= 4 is 23.5 Å². The lowest BCUT2D eigenvalue weighted by Crippen LogP contribution is -2.17. The van der Waals surface area contributed by atoms with E-state index in [9.17, 15) is 14.9 Å². The van der Waals surface area contributed by atoms with Gasteiger partial charge in [-0.3, -0.25) is 10.1 Å². The molecule has 1 heterocycles. The fourth-order valence-corrected chi connectivity index (χ4v) is 1.67. The molecule has 0 unspecified atom stereocenters. The number of nitro groups is 1. The van der Waals surface area contributed by atoms with Gasteiger partial charge in [0, 0.05) is 24.3 Å². The van der Waals surface area contributed by atoms with Crippen molar-refractivity contribution in [3.63, 3.8) is 0 Å². The number of carbonyl (C=O) groups excluding carboxylic acids is 1. The van der Waals surface area contributed by atoms with Gasteiger partial charge in [-0.1, -0.05) is 12.1 Å². The predicted octanol–water partition coefficient (Wildman–Crippen LogP) is 2.37. The number of benzene rings is 1. The number of pyridine rings is 1. The van der Waals surface area contributed by atoms with E-state index in [1.165, 1.54) is 24.3 Å². The van der Waals surface area contributed by atoms with Gasteiger partial charge >= 0.3 is 5.91 Å². The van der Waals surface area contributed by atoms with E-state index in [1.54, 1.807) is 24.4 Å². The topological polar surface area (TPSA) is 86.4 Å². The first kappa shape index (κ1) is 14.4. The minimum atomic E-state index is -0.474. The van der Waals surface area contributed by atoms with Crippen LogP contribution in [0.2, 0.25) is 0 Å². The number of nitrogens with one attached hydrogen (secondary N) is 2. The number of aryl methyl sites for hydroxylation is 1. The van der Waals surface area contributed by atoms with E-state index in [2.05, 4.69) is 10.3 Å². The molecule has 0 aliphatic rings. The van der Waals surface area contributed by atoms with Gasteiger partial charge < -0.3 is 0 Å². The van der Waals surface area contributed by atoms with Crippen LogP contribution in [0.5, 0.6) is 0 Å². The second kappa shape index (κ2) is 6.42. The number of anilines is 1. The van der Waals surface area contributed by atoms with Crippen molar-refractivity contribution in [2.75, 3.05) is 5.32 Å². The van der Waals surface area contributed by atoms with Crippen molar-refractivity contribution in [2.24, 2.45) is 0 Å². The van der Waals surface area contributed by atoms with Crippen LogP contribution in [0.15, 0.2) is 48.7 Å². The molecular formula is C15H14N3O3+. The van der Waals surface area contributed by atoms with Crippen molar-refractivity contribution in [2.45, 2.75) is 6.92 Å². The normalized spacial score (nSPS) is 10.5. The Labute approximate surface area is 121 Å². The Bertz CT molecular complexity index is 694. The average molecular weight is 284 g/mol. The zero-order valence-electron chi connectivity index (χ0n) is 11.4. The van der Waals surface area contributed by atoms with Crippen LogP contribution >= 0.6 is 0 Å². The molecule has 1 amide bonds. The lowest BCUT2D eigenvalue weighted by atomic mass is 10.2. The Hall–Kier alpha value is -3.02. The predicted molar refractivity (Wildman–Crippen MR) is 78.5 cm³/mol. The third kappa shape index (κ3) is 4.24. The van der Waals surface area contributed by atoms with Crippen LogP contribution in [0, 0.1) is 17.0 Å². The Morgan fingerprint density at radius 3 is 2.81 bits per heavy atom. The van der Waals surface area contributed by atoms with Crippen molar-refractivity contribution in [1.82, 2.24) is 0 Å². The van der Waals surface area contributed by atoms with Crippen molar-refractivity contribution < 1.29 is 14.7 Å². The highest BCUT2D eigenvalue weighted by Gasteiger charge is 2.07. The third-order valence-electron chi connectivity index (χ3n) is 2.73. The molecule has 6 heteroatoms. The average Bonchev–Trinajstić information content (AvgIpc) is 2.48. The summed E-state index contributed by atoms with van der Waals surface area (Å²) >= 11 is 0. The zero-order valence-corrected chi connectivity index (χ0v) is 11.4. The van der Waals surface area contributed by atoms with Gasteiger partial charge in [-0.25, -0.2) is 15.1 Å². The number of aromatic nitrogens is 1. The minimum absolute atomic E-state index is 0.00979. The highest BCUT2D eigenvalue weighted by atomic mass is 16.6. The number of hydrogen-bond donors (Lipinski definition) is 1. The Balaban J connectivity index is 2.03. The van der Waals surface area contributed by atoms with Gasteiger partial charge in [-0.2, -0.15) is 0 Å². The molecule has 0 radical (unpaired) electrons. The lowest BCUT2D eigenvalue weighted by molar-refractivity contribution is -0.384. The van der Waals surface area contributed by atoms with E-state index in [4.69, 9.17) is 0 Å². The maximum Gasteiger partial charge on any atom is 0.331 e. The fourth-order valence-electron chi connectivity index (χ4n) is 1.67. The summed E-state index contributed by atoms with van der Waals surface area (Å²) in [5.41, 5.74) is 1.64. The molecule has 2 rings (SSSR count). The summed E-state index contributed by atoms with van der Waals surface area (Å²) in [5, 5.41) is 13.3. The summed E-state index contributed by atoms with van der Waals surface area (Å²) in [6.07, 6.45) is 4.63. The van der Waals surface area contributed by atoms with E-state index in [-0.39, 0.29) is 11.6 Å². The van der Waals surface area contributed by atoms with Crippen molar-refractivity contribution in [3.8, 4) is 0 Å². The molecule has 0 fully saturated rings. The molecule has 21 heavy (non-hydrogen) atoms. The van der Waals surface area contributed by atoms with E-state index >= 15 is 0 Å². The highest BCUT2D eigenvalue weighted by molar-refractivity contribution is 6.00. The molecule has 1 aromatic heterocycles. The zero-order chi connectivity index (χ0) is 15.2. The van der Waals surface area contributed by atoms with E-state index < -0.39 is 4.92 Å². The largest absolute Gasteiger partial charge is 0.331 e. The molecule has 0 atom stereocenters. The number of carbonyl (C=O) groups is 1. The number of nitro benzene ring substituents is 1. The van der Waals surface area contributed by atoms with Crippen LogP contribution in [0.25, 0.3) is 6.08 Å². The lowest BCUT2D eigenvalue weighted by Gasteiger charge is -1.95. The maximum absolute atomic E-state index is 11.7. The van der Waals surface area contributed by atoms with Gasteiger partial charge in [0.1, 0.15) is 0 Å². The van der Waals surface area contributed by atoms with Crippen LogP contribution in [-0.2, 0) is 4.79 Å². The van der Waals surface area contributed by atoms with E-state index in [0.717, 1.165) is 5.56 Å². The summed E-state index contributed by atoms with van der Waals surface area (Å²) in [7, 11) is 0. The van der Waals surface area contributed by atoms with Gasteiger partial charge in [0.15, 0.2) is 0 Å². The Kier molecular flexibility index (Phi) is 4.40. The number of nitrogens with zero attached hydrogens (tertiary/aromatic N) is 1. The highest BCUT2D eigenvalue weighted by Crippen LogP contribution is 2.14. The summed E-state index contributed by atoms with van der Waals surface area (Å²) in [4.78, 5) is 24.9. The van der Waals surface area contributed by atoms with Gasteiger partial charge in [0.05, 0.1) is 11.1 Å². The molecular weight excluding hydrogens is 270 g/mol. The van der Waals surface area contributed by atoms with Crippen LogP contribution in [-0.4, -0.2) is 10.8 Å². The third-order valence-corrected chi connectivity index (χ3v) is 2.73. The molecule has 6 nitrogen and oxygen atoms in total. The smallest absolute Gasteiger partial charge is 0.258 e. The van der Waals surface area contributed by atoms with Gasteiger partial charge in [-0.15, -0.1) is 0 Å². The van der Waals surface area contributed by atoms with Crippen molar-refractivity contribution in [3.05, 3.63) is 69.9 Å². The van der Waals surface area contributed by atoms with Crippen LogP contribution in [0.3, 0.4) is 0 Å². The van der Waals surface area contributed by atoms with Crippen LogP contribution < -0.4 is 10.3 Å². The van der Waals surface area contributed by atoms with Gasteiger partial charge in [-0.05, 0) is 30.2 Å². The second-order valence-corrected chi connectivity index (χ2v) is 4.45. The molecule has 1 aromatic carbocycles. The first-order valence-corrected chi connectivity index (χ1v) is 6.26. The summed E-state index contributed by atoms with van der Waals surface area (Å²) in [6.45, 7) is 1.93. The van der Waals surface area contributed by atoms with Crippen molar-refractivity contribution in [1.29, 1.82) is 0 Å². The molecule has 0 aliphatic heterocycles. The molecule has 2 aromatic rings. The fraction of sp³-hybridized carbons (Fsp3) is 0.0667. The number of aromatic amines is 1. The summed E-state index contributed by atoms with van der Waals surface area (Å²) in [6, 6.07) is 9.70. The Morgan fingerprint density at radius 2 is 2.14 bits per heavy atom. The quantitative estimate of drug-likeness (QED) is 0.531. The van der Waals surface area contributed by atoms with Gasteiger partial charge in [0.25, 0.3) is 11.5 Å². The number of hydrogen-bond acceptors (Lipinski definition) is 3. The molecule has 0 saturated heterocycles. The second-order valence-electron chi connectivity index (χ2n) is 4.45. The molecule has 2 N–H and O–H groups in total. The maximum atomic E-state index is 11.7. The molecule has 0 saturated carbocycles. The van der Waals surface area contributed by atoms with E-state index in [0.29, 0.717) is 11.4 Å². The first-order valence-electron chi connectivity index (χ1n) is 6.26. The number of rotatable bonds is 4.